The summed E-state index contributed by atoms with van der Waals surface area (Å²) < 4.78 is 21.0. The van der Waals surface area contributed by atoms with E-state index < -0.39 is 27.1 Å². The number of likely N-dealkylation sites (N-methyl/N-ethyl adjacent to an activating group) is 1. The van der Waals surface area contributed by atoms with Gasteiger partial charge < -0.3 is 19.6 Å². The first-order chi connectivity index (χ1) is 7.16. The van der Waals surface area contributed by atoms with Crippen molar-refractivity contribution in [2.24, 2.45) is 0 Å². The molecule has 0 amide bonds. The second kappa shape index (κ2) is 6.66. The lowest BCUT2D eigenvalue weighted by molar-refractivity contribution is -0.870. The number of phosphoric ester groups is 1. The topological polar surface area (TPSA) is 96.2 Å². The second-order valence-corrected chi connectivity index (χ2v) is 5.90. The number of aliphatic hydroxyl groups is 2. The van der Waals surface area contributed by atoms with Crippen molar-refractivity contribution in [1.29, 1.82) is 0 Å². The van der Waals surface area contributed by atoms with Gasteiger partial charge in [-0.05, 0) is 0 Å². The van der Waals surface area contributed by atoms with Crippen LogP contribution in [0.15, 0.2) is 0 Å². The van der Waals surface area contributed by atoms with Gasteiger partial charge >= 0.3 is 7.82 Å². The molecule has 1 unspecified atom stereocenters. The first kappa shape index (κ1) is 16.0. The van der Waals surface area contributed by atoms with Gasteiger partial charge in [0.05, 0.1) is 34.4 Å². The van der Waals surface area contributed by atoms with Gasteiger partial charge in [0.25, 0.3) is 0 Å². The summed E-state index contributed by atoms with van der Waals surface area (Å²) >= 11 is 0. The van der Waals surface area contributed by atoms with Crippen LogP contribution in [0.5, 0.6) is 0 Å². The first-order valence-electron chi connectivity index (χ1n) is 4.87. The van der Waals surface area contributed by atoms with E-state index in [1.165, 1.54) is 0 Å². The third-order valence-corrected chi connectivity index (χ3v) is 2.64. The average molecular weight is 258 g/mol. The van der Waals surface area contributed by atoms with Gasteiger partial charge in [-0.1, -0.05) is 0 Å². The highest BCUT2D eigenvalue weighted by Crippen LogP contribution is 2.42. The summed E-state index contributed by atoms with van der Waals surface area (Å²) in [5.74, 6) is 0. The standard InChI is InChI=1S/C8H20NO6P/c1-9(2,3)4-5-14-16(12,13)15-7-8(11)6-10/h8,10-11H,4-7H2,1-3H3/p+1/t8-/m0/s1. The Balaban J connectivity index is 3.83. The molecule has 0 saturated carbocycles. The molecule has 0 aromatic rings. The summed E-state index contributed by atoms with van der Waals surface area (Å²) in [6.45, 7) is -0.337. The first-order valence-corrected chi connectivity index (χ1v) is 6.37. The summed E-state index contributed by atoms with van der Waals surface area (Å²) in [7, 11) is 1.63. The van der Waals surface area contributed by atoms with E-state index in [1.54, 1.807) is 0 Å². The summed E-state index contributed by atoms with van der Waals surface area (Å²) in [4.78, 5) is 9.17. The SMILES string of the molecule is C[N+](C)(C)CCOP(=O)(O)OC[C@@H](O)CO. The van der Waals surface area contributed by atoms with Crippen LogP contribution in [0.4, 0.5) is 0 Å². The van der Waals surface area contributed by atoms with Gasteiger partial charge in [-0.15, -0.1) is 0 Å². The largest absolute Gasteiger partial charge is 0.472 e. The van der Waals surface area contributed by atoms with Crippen molar-refractivity contribution in [3.63, 3.8) is 0 Å². The molecule has 8 heteroatoms. The Morgan fingerprint density at radius 1 is 1.31 bits per heavy atom. The lowest BCUT2D eigenvalue weighted by Gasteiger charge is -2.24. The Morgan fingerprint density at radius 3 is 2.31 bits per heavy atom. The van der Waals surface area contributed by atoms with Crippen LogP contribution in [-0.2, 0) is 13.6 Å². The molecule has 0 rings (SSSR count). The molecular formula is C8H21NO6P+. The zero-order valence-corrected chi connectivity index (χ0v) is 10.8. The van der Waals surface area contributed by atoms with E-state index in [0.717, 1.165) is 0 Å². The molecule has 0 spiro atoms. The molecule has 0 aliphatic heterocycles. The molecule has 0 aromatic carbocycles. The van der Waals surface area contributed by atoms with Crippen LogP contribution in [0.3, 0.4) is 0 Å². The van der Waals surface area contributed by atoms with Gasteiger partial charge in [-0.25, -0.2) is 4.57 Å². The van der Waals surface area contributed by atoms with Crippen molar-refractivity contribution >= 4 is 7.82 Å². The minimum Gasteiger partial charge on any atom is -0.394 e. The minimum absolute atomic E-state index is 0.0759. The average Bonchev–Trinajstić information content (AvgIpc) is 2.12. The van der Waals surface area contributed by atoms with Crippen molar-refractivity contribution in [2.75, 3.05) is 47.5 Å². The summed E-state index contributed by atoms with van der Waals surface area (Å²) in [6, 6.07) is 0. The van der Waals surface area contributed by atoms with Crippen LogP contribution in [0.1, 0.15) is 0 Å². The van der Waals surface area contributed by atoms with Crippen LogP contribution in [-0.4, -0.2) is 73.2 Å². The molecule has 16 heavy (non-hydrogen) atoms. The molecule has 7 nitrogen and oxygen atoms in total. The maximum absolute atomic E-state index is 11.2. The van der Waals surface area contributed by atoms with Gasteiger partial charge in [0.1, 0.15) is 19.3 Å². The van der Waals surface area contributed by atoms with E-state index in [0.29, 0.717) is 11.0 Å². The third-order valence-electron chi connectivity index (χ3n) is 1.66. The quantitative estimate of drug-likeness (QED) is 0.389. The van der Waals surface area contributed by atoms with Gasteiger partial charge in [0.2, 0.25) is 0 Å². The van der Waals surface area contributed by atoms with Gasteiger partial charge in [-0.2, -0.15) is 0 Å². The fraction of sp³-hybridized carbons (Fsp3) is 1.00. The van der Waals surface area contributed by atoms with Crippen LogP contribution in [0, 0.1) is 0 Å². The Hall–Kier alpha value is -0.0100. The van der Waals surface area contributed by atoms with E-state index in [-0.39, 0.29) is 6.61 Å². The Kier molecular flexibility index (Phi) is 6.65. The number of quaternary nitrogens is 1. The highest BCUT2D eigenvalue weighted by Gasteiger charge is 2.23. The lowest BCUT2D eigenvalue weighted by atomic mass is 10.4. The van der Waals surface area contributed by atoms with Gasteiger partial charge in [-0.3, -0.25) is 9.05 Å². The molecule has 0 radical (unpaired) electrons. The number of phosphoric acid groups is 1. The van der Waals surface area contributed by atoms with E-state index >= 15 is 0 Å². The highest BCUT2D eigenvalue weighted by atomic mass is 31.2. The van der Waals surface area contributed by atoms with E-state index in [2.05, 4.69) is 9.05 Å². The maximum Gasteiger partial charge on any atom is 0.472 e. The smallest absolute Gasteiger partial charge is 0.394 e. The maximum atomic E-state index is 11.2. The fourth-order valence-electron chi connectivity index (χ4n) is 0.700. The lowest BCUT2D eigenvalue weighted by Crippen LogP contribution is -2.37. The Bertz CT molecular complexity index is 241. The summed E-state index contributed by atoms with van der Waals surface area (Å²) in [5.41, 5.74) is 0. The van der Waals surface area contributed by atoms with E-state index in [4.69, 9.17) is 15.1 Å². The van der Waals surface area contributed by atoms with Crippen LogP contribution < -0.4 is 0 Å². The molecule has 98 valence electrons. The monoisotopic (exact) mass is 258 g/mol. The summed E-state index contributed by atoms with van der Waals surface area (Å²) in [5, 5.41) is 17.4. The van der Waals surface area contributed by atoms with Crippen molar-refractivity contribution in [2.45, 2.75) is 6.10 Å². The van der Waals surface area contributed by atoms with Crippen molar-refractivity contribution < 1.29 is 33.2 Å². The molecule has 0 saturated heterocycles. The molecule has 0 aromatic heterocycles. The molecule has 0 heterocycles. The van der Waals surface area contributed by atoms with Gasteiger partial charge in [0.15, 0.2) is 0 Å². The zero-order valence-electron chi connectivity index (χ0n) is 9.87. The summed E-state index contributed by atoms with van der Waals surface area (Å²) in [6.07, 6.45) is -1.18. The number of rotatable bonds is 8. The predicted octanol–water partition coefficient (Wildman–Crippen LogP) is -0.821. The highest BCUT2D eigenvalue weighted by molar-refractivity contribution is 7.47. The molecule has 0 fully saturated rings. The van der Waals surface area contributed by atoms with Crippen molar-refractivity contribution in [3.05, 3.63) is 0 Å². The number of hydrogen-bond donors (Lipinski definition) is 3. The Labute approximate surface area is 95.4 Å². The number of nitrogens with zero attached hydrogens (tertiary/aromatic N) is 1. The zero-order chi connectivity index (χ0) is 12.8. The third kappa shape index (κ3) is 9.23. The van der Waals surface area contributed by atoms with Crippen LogP contribution >= 0.6 is 7.82 Å². The van der Waals surface area contributed by atoms with E-state index in [9.17, 15) is 4.57 Å². The normalized spacial score (nSPS) is 18.1. The van der Waals surface area contributed by atoms with Crippen LogP contribution in [0.25, 0.3) is 0 Å². The van der Waals surface area contributed by atoms with Crippen LogP contribution in [0.2, 0.25) is 0 Å². The molecule has 2 atom stereocenters. The molecule has 0 aliphatic rings. The second-order valence-electron chi connectivity index (χ2n) is 4.45. The molecule has 3 N–H and O–H groups in total. The molecular weight excluding hydrogens is 237 g/mol. The van der Waals surface area contributed by atoms with E-state index in [1.807, 2.05) is 21.1 Å². The minimum atomic E-state index is -4.13. The molecule has 0 aliphatic carbocycles. The Morgan fingerprint density at radius 2 is 1.88 bits per heavy atom. The van der Waals surface area contributed by atoms with Crippen molar-refractivity contribution in [1.82, 2.24) is 0 Å². The molecule has 0 bridgehead atoms. The van der Waals surface area contributed by atoms with Gasteiger partial charge in [0, 0.05) is 0 Å². The number of aliphatic hydroxyl groups excluding tert-OH is 2. The predicted molar refractivity (Wildman–Crippen MR) is 57.7 cm³/mol. The van der Waals surface area contributed by atoms with Crippen molar-refractivity contribution in [3.8, 4) is 0 Å². The fourth-order valence-corrected chi connectivity index (χ4v) is 1.45. The number of hydrogen-bond acceptors (Lipinski definition) is 5.